The van der Waals surface area contributed by atoms with E-state index in [1.54, 1.807) is 6.20 Å². The molecule has 98 valence electrons. The number of primary amides is 1. The largest absolute Gasteiger partial charge is 0.368 e. The number of benzene rings is 1. The van der Waals surface area contributed by atoms with E-state index in [2.05, 4.69) is 16.0 Å². The van der Waals surface area contributed by atoms with Gasteiger partial charge in [0, 0.05) is 18.1 Å². The van der Waals surface area contributed by atoms with Gasteiger partial charge in [0.05, 0.1) is 0 Å². The van der Waals surface area contributed by atoms with Crippen molar-refractivity contribution in [3.8, 4) is 0 Å². The van der Waals surface area contributed by atoms with E-state index in [4.69, 9.17) is 5.73 Å². The molecular formula is C15H17N3O. The number of fused-ring (bicyclic) bond motifs is 1. The molecule has 1 aliphatic rings. The van der Waals surface area contributed by atoms with E-state index in [9.17, 15) is 4.79 Å². The van der Waals surface area contributed by atoms with Crippen molar-refractivity contribution in [2.24, 2.45) is 5.73 Å². The highest BCUT2D eigenvalue weighted by Crippen LogP contribution is 2.29. The van der Waals surface area contributed by atoms with Crippen LogP contribution >= 0.6 is 0 Å². The fourth-order valence-electron chi connectivity index (χ4n) is 2.81. The average molecular weight is 255 g/mol. The second kappa shape index (κ2) is 4.88. The topological polar surface area (TPSA) is 59.2 Å². The molecule has 1 atom stereocenters. The quantitative estimate of drug-likeness (QED) is 0.893. The number of aromatic nitrogens is 1. The van der Waals surface area contributed by atoms with Crippen molar-refractivity contribution in [3.63, 3.8) is 0 Å². The number of pyridine rings is 1. The van der Waals surface area contributed by atoms with Crippen LogP contribution in [0.3, 0.4) is 0 Å². The predicted octanol–water partition coefficient (Wildman–Crippen LogP) is 2.08. The molecule has 1 aliphatic heterocycles. The minimum Gasteiger partial charge on any atom is -0.368 e. The van der Waals surface area contributed by atoms with Crippen LogP contribution < -0.4 is 10.6 Å². The lowest BCUT2D eigenvalue weighted by molar-refractivity contribution is -0.119. The first kappa shape index (κ1) is 12.0. The monoisotopic (exact) mass is 255 g/mol. The van der Waals surface area contributed by atoms with Gasteiger partial charge in [-0.25, -0.2) is 4.98 Å². The molecule has 0 saturated carbocycles. The third-order valence-corrected chi connectivity index (χ3v) is 3.76. The highest BCUT2D eigenvalue weighted by Gasteiger charge is 2.28. The number of carbonyl (C=O) groups is 1. The first-order chi connectivity index (χ1) is 9.27. The fourth-order valence-corrected chi connectivity index (χ4v) is 2.81. The molecule has 0 bridgehead atoms. The number of nitrogens with two attached hydrogens (primary N) is 1. The molecule has 1 unspecified atom stereocenters. The van der Waals surface area contributed by atoms with E-state index in [-0.39, 0.29) is 11.9 Å². The zero-order valence-corrected chi connectivity index (χ0v) is 10.7. The van der Waals surface area contributed by atoms with Crippen molar-refractivity contribution >= 4 is 22.5 Å². The molecule has 4 heteroatoms. The highest BCUT2D eigenvalue weighted by atomic mass is 16.1. The van der Waals surface area contributed by atoms with Gasteiger partial charge in [-0.1, -0.05) is 24.3 Å². The smallest absolute Gasteiger partial charge is 0.240 e. The van der Waals surface area contributed by atoms with E-state index in [0.717, 1.165) is 42.4 Å². The summed E-state index contributed by atoms with van der Waals surface area (Å²) in [4.78, 5) is 18.2. The number of amides is 1. The number of piperidine rings is 1. The Labute approximate surface area is 112 Å². The molecule has 3 rings (SSSR count). The lowest BCUT2D eigenvalue weighted by Crippen LogP contribution is -2.48. The van der Waals surface area contributed by atoms with Crippen molar-refractivity contribution < 1.29 is 4.79 Å². The van der Waals surface area contributed by atoms with E-state index in [1.165, 1.54) is 0 Å². The second-order valence-electron chi connectivity index (χ2n) is 4.96. The first-order valence-electron chi connectivity index (χ1n) is 6.67. The van der Waals surface area contributed by atoms with Gasteiger partial charge >= 0.3 is 0 Å². The SMILES string of the molecule is NC(=O)C1CCCCN1c1nccc2ccccc12. The fraction of sp³-hybridized carbons (Fsp3) is 0.333. The van der Waals surface area contributed by atoms with E-state index < -0.39 is 0 Å². The number of hydrogen-bond donors (Lipinski definition) is 1. The summed E-state index contributed by atoms with van der Waals surface area (Å²) in [7, 11) is 0. The number of hydrogen-bond acceptors (Lipinski definition) is 3. The predicted molar refractivity (Wildman–Crippen MR) is 75.9 cm³/mol. The highest BCUT2D eigenvalue weighted by molar-refractivity contribution is 5.94. The number of rotatable bonds is 2. The van der Waals surface area contributed by atoms with Gasteiger partial charge in [0.2, 0.25) is 5.91 Å². The lowest BCUT2D eigenvalue weighted by atomic mass is 10.0. The number of carbonyl (C=O) groups excluding carboxylic acids is 1. The molecule has 0 radical (unpaired) electrons. The zero-order chi connectivity index (χ0) is 13.2. The van der Waals surface area contributed by atoms with Crippen LogP contribution in [0.1, 0.15) is 19.3 Å². The summed E-state index contributed by atoms with van der Waals surface area (Å²) in [6, 6.07) is 9.87. The zero-order valence-electron chi connectivity index (χ0n) is 10.7. The van der Waals surface area contributed by atoms with Crippen molar-refractivity contribution in [1.82, 2.24) is 4.98 Å². The van der Waals surface area contributed by atoms with Gasteiger partial charge in [0.15, 0.2) is 0 Å². The summed E-state index contributed by atoms with van der Waals surface area (Å²) in [5, 5.41) is 2.22. The molecule has 1 aromatic carbocycles. The van der Waals surface area contributed by atoms with Crippen LogP contribution in [-0.2, 0) is 4.79 Å². The van der Waals surface area contributed by atoms with Crippen LogP contribution in [0.25, 0.3) is 10.8 Å². The van der Waals surface area contributed by atoms with Gasteiger partial charge in [0.25, 0.3) is 0 Å². The maximum absolute atomic E-state index is 11.6. The minimum atomic E-state index is -0.255. The number of anilines is 1. The Hall–Kier alpha value is -2.10. The number of nitrogens with zero attached hydrogens (tertiary/aromatic N) is 2. The van der Waals surface area contributed by atoms with Crippen LogP contribution in [0.15, 0.2) is 36.5 Å². The van der Waals surface area contributed by atoms with Crippen molar-refractivity contribution in [1.29, 1.82) is 0 Å². The summed E-state index contributed by atoms with van der Waals surface area (Å²) in [5.41, 5.74) is 5.53. The van der Waals surface area contributed by atoms with Crippen LogP contribution in [0.5, 0.6) is 0 Å². The summed E-state index contributed by atoms with van der Waals surface area (Å²) in [6.45, 7) is 0.842. The summed E-state index contributed by atoms with van der Waals surface area (Å²) in [5.74, 6) is 0.621. The van der Waals surface area contributed by atoms with Crippen LogP contribution in [0, 0.1) is 0 Å². The molecule has 4 nitrogen and oxygen atoms in total. The second-order valence-corrected chi connectivity index (χ2v) is 4.96. The van der Waals surface area contributed by atoms with Crippen LogP contribution in [0.4, 0.5) is 5.82 Å². The van der Waals surface area contributed by atoms with E-state index >= 15 is 0 Å². The molecule has 2 heterocycles. The molecule has 1 saturated heterocycles. The van der Waals surface area contributed by atoms with E-state index in [0.29, 0.717) is 0 Å². The third kappa shape index (κ3) is 2.14. The molecule has 2 aromatic rings. The van der Waals surface area contributed by atoms with Gasteiger partial charge < -0.3 is 10.6 Å². The summed E-state index contributed by atoms with van der Waals surface area (Å²) < 4.78 is 0. The van der Waals surface area contributed by atoms with Crippen molar-refractivity contribution in [2.75, 3.05) is 11.4 Å². The first-order valence-corrected chi connectivity index (χ1v) is 6.67. The lowest BCUT2D eigenvalue weighted by Gasteiger charge is -2.35. The van der Waals surface area contributed by atoms with Gasteiger partial charge in [0.1, 0.15) is 11.9 Å². The molecule has 1 amide bonds. The molecule has 1 aromatic heterocycles. The minimum absolute atomic E-state index is 0.230. The van der Waals surface area contributed by atoms with Gasteiger partial charge in [-0.15, -0.1) is 0 Å². The van der Waals surface area contributed by atoms with Crippen molar-refractivity contribution in [3.05, 3.63) is 36.5 Å². The van der Waals surface area contributed by atoms with Crippen LogP contribution in [0.2, 0.25) is 0 Å². The Kier molecular flexibility index (Phi) is 3.07. The molecule has 0 aliphatic carbocycles. The molecule has 1 fully saturated rings. The maximum Gasteiger partial charge on any atom is 0.240 e. The standard InChI is InChI=1S/C15H17N3O/c16-14(19)13-7-3-4-10-18(13)15-12-6-2-1-5-11(12)8-9-17-15/h1-2,5-6,8-9,13H,3-4,7,10H2,(H2,16,19). The Morgan fingerprint density at radius 2 is 2.11 bits per heavy atom. The average Bonchev–Trinajstić information content (AvgIpc) is 2.46. The maximum atomic E-state index is 11.6. The van der Waals surface area contributed by atoms with Crippen molar-refractivity contribution in [2.45, 2.75) is 25.3 Å². The molecule has 2 N–H and O–H groups in total. The Morgan fingerprint density at radius 1 is 1.26 bits per heavy atom. The van der Waals surface area contributed by atoms with Gasteiger partial charge in [-0.3, -0.25) is 4.79 Å². The Morgan fingerprint density at radius 3 is 2.95 bits per heavy atom. The summed E-state index contributed by atoms with van der Waals surface area (Å²) in [6.07, 6.45) is 4.74. The van der Waals surface area contributed by atoms with Crippen LogP contribution in [-0.4, -0.2) is 23.5 Å². The molecule has 19 heavy (non-hydrogen) atoms. The van der Waals surface area contributed by atoms with E-state index in [1.807, 2.05) is 24.3 Å². The third-order valence-electron chi connectivity index (χ3n) is 3.76. The Balaban J connectivity index is 2.09. The summed E-state index contributed by atoms with van der Waals surface area (Å²) >= 11 is 0. The molecular weight excluding hydrogens is 238 g/mol. The van der Waals surface area contributed by atoms with Gasteiger partial charge in [-0.2, -0.15) is 0 Å². The normalized spacial score (nSPS) is 19.6. The molecule has 0 spiro atoms. The van der Waals surface area contributed by atoms with Gasteiger partial charge in [-0.05, 0) is 30.7 Å². The Bertz CT molecular complexity index is 606.